The van der Waals surface area contributed by atoms with E-state index in [4.69, 9.17) is 21.1 Å². The molecule has 0 radical (unpaired) electrons. The minimum Gasteiger partial charge on any atom is -0.489 e. The third kappa shape index (κ3) is 7.00. The third-order valence-electron chi connectivity index (χ3n) is 4.63. The van der Waals surface area contributed by atoms with Crippen LogP contribution < -0.4 is 10.1 Å². The molecule has 3 rings (SSSR count). The van der Waals surface area contributed by atoms with Crippen LogP contribution in [0.5, 0.6) is 5.75 Å². The molecule has 5 nitrogen and oxygen atoms in total. The van der Waals surface area contributed by atoms with Crippen molar-refractivity contribution in [2.75, 3.05) is 5.32 Å². The lowest BCUT2D eigenvalue weighted by atomic mass is 10.2. The first-order valence-electron chi connectivity index (χ1n) is 10.1. The number of esters is 1. The van der Waals surface area contributed by atoms with Gasteiger partial charge in [0.15, 0.2) is 6.10 Å². The number of halogens is 1. The van der Waals surface area contributed by atoms with E-state index in [1.165, 1.54) is 13.0 Å². The number of ether oxygens (including phenoxy) is 2. The van der Waals surface area contributed by atoms with Crippen LogP contribution in [0.15, 0.2) is 78.9 Å². The summed E-state index contributed by atoms with van der Waals surface area (Å²) >= 11 is 6.13. The summed E-state index contributed by atoms with van der Waals surface area (Å²) in [4.78, 5) is 24.3. The quantitative estimate of drug-likeness (QED) is 0.348. The molecule has 3 aromatic carbocycles. The lowest BCUT2D eigenvalue weighted by Gasteiger charge is -2.12. The second-order valence-corrected chi connectivity index (χ2v) is 7.62. The molecule has 0 aliphatic heterocycles. The van der Waals surface area contributed by atoms with Gasteiger partial charge >= 0.3 is 5.97 Å². The van der Waals surface area contributed by atoms with Crippen molar-refractivity contribution in [3.63, 3.8) is 0 Å². The zero-order valence-electron chi connectivity index (χ0n) is 17.9. The van der Waals surface area contributed by atoms with Crippen LogP contribution in [0.1, 0.15) is 23.6 Å². The first-order valence-corrected chi connectivity index (χ1v) is 10.5. The van der Waals surface area contributed by atoms with E-state index in [2.05, 4.69) is 5.32 Å². The summed E-state index contributed by atoms with van der Waals surface area (Å²) in [5, 5.41) is 3.38. The van der Waals surface area contributed by atoms with E-state index < -0.39 is 18.0 Å². The lowest BCUT2D eigenvalue weighted by Crippen LogP contribution is -2.29. The zero-order chi connectivity index (χ0) is 22.9. The van der Waals surface area contributed by atoms with Crippen LogP contribution in [0.4, 0.5) is 5.69 Å². The van der Waals surface area contributed by atoms with Gasteiger partial charge in [-0.2, -0.15) is 0 Å². The Balaban J connectivity index is 1.47. The number of carbonyl (C=O) groups is 2. The van der Waals surface area contributed by atoms with Crippen LogP contribution in [-0.4, -0.2) is 18.0 Å². The van der Waals surface area contributed by atoms with Gasteiger partial charge in [-0.3, -0.25) is 4.79 Å². The van der Waals surface area contributed by atoms with E-state index in [0.29, 0.717) is 23.1 Å². The summed E-state index contributed by atoms with van der Waals surface area (Å²) < 4.78 is 10.9. The number of hydrogen-bond acceptors (Lipinski definition) is 4. The molecule has 0 aliphatic carbocycles. The van der Waals surface area contributed by atoms with Gasteiger partial charge in [-0.05, 0) is 55.8 Å². The molecule has 0 saturated heterocycles. The number of anilines is 1. The molecule has 0 fully saturated rings. The fourth-order valence-corrected chi connectivity index (χ4v) is 2.95. The number of hydrogen-bond donors (Lipinski definition) is 1. The van der Waals surface area contributed by atoms with E-state index in [1.807, 2.05) is 55.5 Å². The van der Waals surface area contributed by atoms with Crippen molar-refractivity contribution in [1.29, 1.82) is 0 Å². The van der Waals surface area contributed by atoms with Gasteiger partial charge in [0.2, 0.25) is 0 Å². The van der Waals surface area contributed by atoms with Crippen molar-refractivity contribution in [3.8, 4) is 5.75 Å². The molecule has 1 unspecified atom stereocenters. The van der Waals surface area contributed by atoms with Gasteiger partial charge in [-0.25, -0.2) is 4.79 Å². The predicted molar refractivity (Wildman–Crippen MR) is 127 cm³/mol. The highest BCUT2D eigenvalue weighted by molar-refractivity contribution is 6.31. The van der Waals surface area contributed by atoms with Crippen LogP contribution in [0.25, 0.3) is 6.08 Å². The highest BCUT2D eigenvalue weighted by Crippen LogP contribution is 2.19. The monoisotopic (exact) mass is 449 g/mol. The van der Waals surface area contributed by atoms with Crippen LogP contribution in [0.2, 0.25) is 5.02 Å². The summed E-state index contributed by atoms with van der Waals surface area (Å²) in [6, 6.07) is 22.1. The maximum absolute atomic E-state index is 12.2. The molecule has 6 heteroatoms. The fourth-order valence-electron chi connectivity index (χ4n) is 2.76. The smallest absolute Gasteiger partial charge is 0.331 e. The molecule has 0 aromatic heterocycles. The highest BCUT2D eigenvalue weighted by Gasteiger charge is 2.16. The minimum atomic E-state index is -0.922. The van der Waals surface area contributed by atoms with Gasteiger partial charge in [0.05, 0.1) is 0 Å². The Kier molecular flexibility index (Phi) is 8.06. The Bertz CT molecular complexity index is 1090. The Morgan fingerprint density at radius 2 is 1.69 bits per heavy atom. The molecular weight excluding hydrogens is 426 g/mol. The molecule has 0 spiro atoms. The predicted octanol–water partition coefficient (Wildman–Crippen LogP) is 5.81. The first-order chi connectivity index (χ1) is 15.4. The molecule has 164 valence electrons. The van der Waals surface area contributed by atoms with Gasteiger partial charge in [-0.15, -0.1) is 0 Å². The van der Waals surface area contributed by atoms with Crippen molar-refractivity contribution in [2.24, 2.45) is 0 Å². The number of carbonyl (C=O) groups excluding carboxylic acids is 2. The Morgan fingerprint density at radius 1 is 1.00 bits per heavy atom. The summed E-state index contributed by atoms with van der Waals surface area (Å²) in [6.45, 7) is 3.85. The van der Waals surface area contributed by atoms with Gasteiger partial charge in [0, 0.05) is 22.3 Å². The van der Waals surface area contributed by atoms with Crippen molar-refractivity contribution in [3.05, 3.63) is 101 Å². The molecular formula is C26H24ClNO4. The SMILES string of the molecule is Cc1ccc(NC(=O)C(C)OC(=O)/C=C/c2ccc(OCc3ccccc3Cl)cc2)cc1. The average molecular weight is 450 g/mol. The van der Waals surface area contributed by atoms with Gasteiger partial charge < -0.3 is 14.8 Å². The van der Waals surface area contributed by atoms with Crippen LogP contribution >= 0.6 is 11.6 Å². The minimum absolute atomic E-state index is 0.365. The fraction of sp³-hybridized carbons (Fsp3) is 0.154. The summed E-state index contributed by atoms with van der Waals surface area (Å²) in [6.07, 6.45) is 1.98. The van der Waals surface area contributed by atoms with E-state index >= 15 is 0 Å². The highest BCUT2D eigenvalue weighted by atomic mass is 35.5. The van der Waals surface area contributed by atoms with E-state index in [-0.39, 0.29) is 0 Å². The molecule has 0 bridgehead atoms. The maximum atomic E-state index is 12.2. The number of benzene rings is 3. The van der Waals surface area contributed by atoms with Crippen LogP contribution in [0, 0.1) is 6.92 Å². The van der Waals surface area contributed by atoms with Crippen molar-refractivity contribution < 1.29 is 19.1 Å². The maximum Gasteiger partial charge on any atom is 0.331 e. The average Bonchev–Trinajstić information content (AvgIpc) is 2.79. The van der Waals surface area contributed by atoms with Gasteiger partial charge in [0.25, 0.3) is 5.91 Å². The Hall–Kier alpha value is -3.57. The van der Waals surface area contributed by atoms with Gasteiger partial charge in [-0.1, -0.05) is 59.6 Å². The molecule has 0 saturated carbocycles. The summed E-state index contributed by atoms with van der Waals surface area (Å²) in [5.74, 6) is -0.308. The molecule has 0 heterocycles. The Labute approximate surface area is 192 Å². The van der Waals surface area contributed by atoms with E-state index in [0.717, 1.165) is 16.7 Å². The Morgan fingerprint density at radius 3 is 2.38 bits per heavy atom. The first kappa shape index (κ1) is 23.1. The normalized spacial score (nSPS) is 11.7. The largest absolute Gasteiger partial charge is 0.489 e. The summed E-state index contributed by atoms with van der Waals surface area (Å²) in [7, 11) is 0. The second-order valence-electron chi connectivity index (χ2n) is 7.22. The zero-order valence-corrected chi connectivity index (χ0v) is 18.6. The molecule has 3 aromatic rings. The standard InChI is InChI=1S/C26H24ClNO4/c1-18-7-12-22(13-8-18)28-26(30)19(2)32-25(29)16-11-20-9-14-23(15-10-20)31-17-21-5-3-4-6-24(21)27/h3-16,19H,17H2,1-2H3,(H,28,30)/b16-11+. The van der Waals surface area contributed by atoms with Crippen LogP contribution in [0.3, 0.4) is 0 Å². The number of nitrogens with one attached hydrogen (secondary N) is 1. The van der Waals surface area contributed by atoms with E-state index in [9.17, 15) is 9.59 Å². The third-order valence-corrected chi connectivity index (χ3v) is 4.99. The number of rotatable bonds is 8. The second kappa shape index (κ2) is 11.2. The van der Waals surface area contributed by atoms with Crippen molar-refractivity contribution in [2.45, 2.75) is 26.6 Å². The number of aryl methyl sites for hydroxylation is 1. The van der Waals surface area contributed by atoms with Crippen molar-refractivity contribution >= 4 is 35.2 Å². The lowest BCUT2D eigenvalue weighted by molar-refractivity contribution is -0.148. The van der Waals surface area contributed by atoms with Gasteiger partial charge in [0.1, 0.15) is 12.4 Å². The molecule has 0 aliphatic rings. The molecule has 1 amide bonds. The summed E-state index contributed by atoms with van der Waals surface area (Å²) in [5.41, 5.74) is 3.44. The molecule has 32 heavy (non-hydrogen) atoms. The molecule has 1 atom stereocenters. The topological polar surface area (TPSA) is 64.6 Å². The van der Waals surface area contributed by atoms with Crippen molar-refractivity contribution in [1.82, 2.24) is 0 Å². The molecule has 1 N–H and O–H groups in total. The number of amides is 1. The van der Waals surface area contributed by atoms with E-state index in [1.54, 1.807) is 30.3 Å². The van der Waals surface area contributed by atoms with Crippen LogP contribution in [-0.2, 0) is 20.9 Å².